The number of carbonyl (C=O) groups is 2. The number of hydrogen-bond donors (Lipinski definition) is 0. The zero-order chi connectivity index (χ0) is 24.0. The molecule has 3 aromatic carbocycles. The van der Waals surface area contributed by atoms with Crippen molar-refractivity contribution >= 4 is 23.2 Å². The second kappa shape index (κ2) is 6.53. The maximum Gasteiger partial charge on any atom is 0.271 e. The molecule has 2 bridgehead atoms. The number of hydrogen-bond acceptors (Lipinski definition) is 5. The quantitative estimate of drug-likeness (QED) is 0.334. The van der Waals surface area contributed by atoms with Gasteiger partial charge in [0.05, 0.1) is 23.9 Å². The Hall–Kier alpha value is -4.00. The van der Waals surface area contributed by atoms with E-state index in [0.29, 0.717) is 0 Å². The Kier molecular flexibility index (Phi) is 3.96. The molecule has 34 heavy (non-hydrogen) atoms. The minimum absolute atomic E-state index is 0.112. The first-order valence-electron chi connectivity index (χ1n) is 11.2. The average Bonchev–Trinajstić information content (AvgIpc) is 3.13. The summed E-state index contributed by atoms with van der Waals surface area (Å²) in [5.74, 6) is -1.75. The monoisotopic (exact) mass is 454 g/mol. The van der Waals surface area contributed by atoms with Gasteiger partial charge in [0.25, 0.3) is 5.69 Å². The molecule has 0 spiro atoms. The zero-order valence-electron chi connectivity index (χ0n) is 18.9. The molecule has 0 unspecified atom stereocenters. The first-order chi connectivity index (χ1) is 16.3. The first-order valence-corrected chi connectivity index (χ1v) is 11.2. The SMILES string of the molecule is COc1ccc([N+](=O)[O-])cc1N1C(=O)[C@@H]2[C@H](C1=O)C1(C)c3ccccc3C2(C)c2ccccc21. The van der Waals surface area contributed by atoms with Crippen molar-refractivity contribution in [1.82, 2.24) is 0 Å². The highest BCUT2D eigenvalue weighted by atomic mass is 16.6. The first kappa shape index (κ1) is 20.6. The number of nitrogens with zero attached hydrogens (tertiary/aromatic N) is 2. The van der Waals surface area contributed by atoms with E-state index in [1.807, 2.05) is 62.4 Å². The highest BCUT2D eigenvalue weighted by Crippen LogP contribution is 2.66. The van der Waals surface area contributed by atoms with E-state index in [0.717, 1.165) is 27.2 Å². The molecule has 0 saturated carbocycles. The lowest BCUT2D eigenvalue weighted by Crippen LogP contribution is -2.59. The molecule has 0 N–H and O–H groups in total. The summed E-state index contributed by atoms with van der Waals surface area (Å²) in [6.07, 6.45) is 0. The highest BCUT2D eigenvalue weighted by Gasteiger charge is 2.70. The number of nitro benzene ring substituents is 1. The number of anilines is 1. The Morgan fingerprint density at radius 1 is 0.824 bits per heavy atom. The Morgan fingerprint density at radius 3 is 1.65 bits per heavy atom. The van der Waals surface area contributed by atoms with Gasteiger partial charge in [0, 0.05) is 23.0 Å². The summed E-state index contributed by atoms with van der Waals surface area (Å²) < 4.78 is 5.42. The second-order valence-electron chi connectivity index (χ2n) is 9.58. The van der Waals surface area contributed by atoms with Gasteiger partial charge >= 0.3 is 0 Å². The number of methoxy groups -OCH3 is 1. The number of rotatable bonds is 3. The average molecular weight is 454 g/mol. The fourth-order valence-corrected chi connectivity index (χ4v) is 6.77. The molecule has 2 amide bonds. The maximum absolute atomic E-state index is 14.1. The Morgan fingerprint density at radius 2 is 1.26 bits per heavy atom. The van der Waals surface area contributed by atoms with Crippen LogP contribution < -0.4 is 9.64 Å². The standard InChI is InChI=1S/C27H22N2O5/c1-26-16-8-4-6-10-18(16)27(2,19-11-7-5-9-17(19)26)23-22(26)24(30)28(25(23)31)20-14-15(29(32)33)12-13-21(20)34-3/h4-14,22-23H,1-3H3/t22-,23+,26?,27?. The molecule has 7 heteroatoms. The molecule has 1 fully saturated rings. The van der Waals surface area contributed by atoms with Crippen LogP contribution in [0.5, 0.6) is 5.75 Å². The van der Waals surface area contributed by atoms with Crippen LogP contribution in [0.3, 0.4) is 0 Å². The molecule has 4 aliphatic rings. The Balaban J connectivity index is 1.63. The van der Waals surface area contributed by atoms with Crippen molar-refractivity contribution in [3.63, 3.8) is 0 Å². The van der Waals surface area contributed by atoms with E-state index < -0.39 is 27.6 Å². The van der Waals surface area contributed by atoms with E-state index in [1.54, 1.807) is 0 Å². The van der Waals surface area contributed by atoms with Gasteiger partial charge in [0.1, 0.15) is 11.4 Å². The topological polar surface area (TPSA) is 89.8 Å². The van der Waals surface area contributed by atoms with Gasteiger partial charge < -0.3 is 4.74 Å². The van der Waals surface area contributed by atoms with Gasteiger partial charge in [-0.25, -0.2) is 4.90 Å². The number of non-ortho nitro benzene ring substituents is 1. The van der Waals surface area contributed by atoms with Gasteiger partial charge in [0.15, 0.2) is 0 Å². The maximum atomic E-state index is 14.1. The second-order valence-corrected chi connectivity index (χ2v) is 9.58. The van der Waals surface area contributed by atoms with Crippen molar-refractivity contribution in [2.75, 3.05) is 12.0 Å². The lowest BCUT2D eigenvalue weighted by atomic mass is 9.42. The molecule has 1 aliphatic heterocycles. The van der Waals surface area contributed by atoms with Crippen LogP contribution in [0.2, 0.25) is 0 Å². The number of ether oxygens (including phenoxy) is 1. The third-order valence-corrected chi connectivity index (χ3v) is 8.26. The molecule has 3 aliphatic carbocycles. The van der Waals surface area contributed by atoms with Gasteiger partial charge in [-0.3, -0.25) is 19.7 Å². The Labute approximate surface area is 196 Å². The van der Waals surface area contributed by atoms with Gasteiger partial charge in [-0.15, -0.1) is 0 Å². The minimum atomic E-state index is -0.717. The van der Waals surface area contributed by atoms with Crippen molar-refractivity contribution in [3.05, 3.63) is 99.1 Å². The predicted octanol–water partition coefficient (Wildman–Crippen LogP) is 4.35. The minimum Gasteiger partial charge on any atom is -0.495 e. The molecule has 1 saturated heterocycles. The third-order valence-electron chi connectivity index (χ3n) is 8.26. The summed E-state index contributed by atoms with van der Waals surface area (Å²) in [6, 6.07) is 20.0. The number of imide groups is 1. The molecular formula is C27H22N2O5. The fraction of sp³-hybridized carbons (Fsp3) is 0.259. The van der Waals surface area contributed by atoms with Gasteiger partial charge in [-0.05, 0) is 28.3 Å². The van der Waals surface area contributed by atoms with Crippen LogP contribution in [0.25, 0.3) is 0 Å². The van der Waals surface area contributed by atoms with E-state index in [1.165, 1.54) is 25.3 Å². The predicted molar refractivity (Wildman–Crippen MR) is 125 cm³/mol. The van der Waals surface area contributed by atoms with Crippen molar-refractivity contribution in [2.24, 2.45) is 11.8 Å². The molecule has 170 valence electrons. The number of carbonyl (C=O) groups excluding carboxylic acids is 2. The van der Waals surface area contributed by atoms with Crippen LogP contribution in [-0.4, -0.2) is 23.8 Å². The lowest BCUT2D eigenvalue weighted by molar-refractivity contribution is -0.384. The zero-order valence-corrected chi connectivity index (χ0v) is 18.9. The molecule has 0 aromatic heterocycles. The van der Waals surface area contributed by atoms with E-state index in [2.05, 4.69) is 0 Å². The van der Waals surface area contributed by atoms with Gasteiger partial charge in [-0.2, -0.15) is 0 Å². The summed E-state index contributed by atoms with van der Waals surface area (Å²) in [5, 5.41) is 11.5. The molecule has 7 nitrogen and oxygen atoms in total. The van der Waals surface area contributed by atoms with E-state index >= 15 is 0 Å². The third kappa shape index (κ3) is 2.17. The Bertz CT molecular complexity index is 1310. The van der Waals surface area contributed by atoms with Crippen molar-refractivity contribution < 1.29 is 19.2 Å². The molecule has 7 rings (SSSR count). The van der Waals surface area contributed by atoms with E-state index in [4.69, 9.17) is 4.74 Å². The van der Waals surface area contributed by atoms with Gasteiger partial charge in [0.2, 0.25) is 11.8 Å². The van der Waals surface area contributed by atoms with Crippen LogP contribution in [0, 0.1) is 22.0 Å². The van der Waals surface area contributed by atoms with Crippen molar-refractivity contribution in [2.45, 2.75) is 24.7 Å². The summed E-state index contributed by atoms with van der Waals surface area (Å²) in [6.45, 7) is 4.08. The number of amides is 2. The lowest BCUT2D eigenvalue weighted by Gasteiger charge is -2.57. The van der Waals surface area contributed by atoms with Crippen LogP contribution in [0.1, 0.15) is 36.1 Å². The number of benzene rings is 3. The molecule has 3 aromatic rings. The molecular weight excluding hydrogens is 432 g/mol. The van der Waals surface area contributed by atoms with Crippen molar-refractivity contribution in [1.29, 1.82) is 0 Å². The summed E-state index contributed by atoms with van der Waals surface area (Å²) in [4.78, 5) is 40.3. The van der Waals surface area contributed by atoms with Crippen LogP contribution in [0.15, 0.2) is 66.7 Å². The van der Waals surface area contributed by atoms with Crippen LogP contribution in [-0.2, 0) is 20.4 Å². The van der Waals surface area contributed by atoms with Gasteiger partial charge in [-0.1, -0.05) is 62.4 Å². The van der Waals surface area contributed by atoms with Crippen LogP contribution in [0.4, 0.5) is 11.4 Å². The summed E-state index contributed by atoms with van der Waals surface area (Å²) >= 11 is 0. The summed E-state index contributed by atoms with van der Waals surface area (Å²) in [7, 11) is 1.42. The molecule has 0 radical (unpaired) electrons. The molecule has 1 heterocycles. The largest absolute Gasteiger partial charge is 0.495 e. The summed E-state index contributed by atoms with van der Waals surface area (Å²) in [5.41, 5.74) is 2.66. The highest BCUT2D eigenvalue weighted by molar-refractivity contribution is 6.24. The van der Waals surface area contributed by atoms with E-state index in [9.17, 15) is 19.7 Å². The van der Waals surface area contributed by atoms with Crippen molar-refractivity contribution in [3.8, 4) is 5.75 Å². The fourth-order valence-electron chi connectivity index (χ4n) is 6.77. The smallest absolute Gasteiger partial charge is 0.271 e. The number of nitro groups is 1. The van der Waals surface area contributed by atoms with Crippen LogP contribution >= 0.6 is 0 Å². The van der Waals surface area contributed by atoms with E-state index in [-0.39, 0.29) is 28.9 Å². The normalized spacial score (nSPS) is 28.4. The molecule has 2 atom stereocenters.